The molecular weight excluding hydrogens is 192 g/mol. The van der Waals surface area contributed by atoms with Crippen LogP contribution in [0.25, 0.3) is 0 Å². The van der Waals surface area contributed by atoms with Gasteiger partial charge in [0.25, 0.3) is 0 Å². The Morgan fingerprint density at radius 1 is 0.750 bits per heavy atom. The van der Waals surface area contributed by atoms with Crippen LogP contribution in [0.2, 0.25) is 0 Å². The van der Waals surface area contributed by atoms with Crippen molar-refractivity contribution in [2.45, 2.75) is 73.1 Å². The maximum atomic E-state index is 2.40. The van der Waals surface area contributed by atoms with E-state index >= 15 is 0 Å². The highest BCUT2D eigenvalue weighted by Gasteiger charge is 2.01. The van der Waals surface area contributed by atoms with E-state index in [1.54, 1.807) is 0 Å². The minimum absolute atomic E-state index is 0.805. The first kappa shape index (κ1) is 15.7. The van der Waals surface area contributed by atoms with Crippen LogP contribution in [0.1, 0.15) is 73.1 Å². The molecule has 0 bridgehead atoms. The lowest BCUT2D eigenvalue weighted by atomic mass is 9.96. The van der Waals surface area contributed by atoms with Gasteiger partial charge in [-0.1, -0.05) is 66.0 Å². The van der Waals surface area contributed by atoms with Crippen LogP contribution in [0.5, 0.6) is 0 Å². The van der Waals surface area contributed by atoms with Crippen LogP contribution < -0.4 is 0 Å². The van der Waals surface area contributed by atoms with Gasteiger partial charge in [0.1, 0.15) is 0 Å². The maximum absolute atomic E-state index is 2.40. The van der Waals surface area contributed by atoms with Gasteiger partial charge >= 0.3 is 0 Å². The molecule has 0 heteroatoms. The van der Waals surface area contributed by atoms with E-state index in [9.17, 15) is 0 Å². The van der Waals surface area contributed by atoms with Crippen molar-refractivity contribution < 1.29 is 0 Å². The third kappa shape index (κ3) is 11.8. The molecule has 0 saturated heterocycles. The van der Waals surface area contributed by atoms with E-state index < -0.39 is 0 Å². The summed E-state index contributed by atoms with van der Waals surface area (Å²) in [6.45, 7) is 11.6. The minimum Gasteiger partial charge on any atom is -0.0885 e. The zero-order valence-electron chi connectivity index (χ0n) is 12.1. The topological polar surface area (TPSA) is 0 Å². The Labute approximate surface area is 104 Å². The van der Waals surface area contributed by atoms with Gasteiger partial charge in [0.2, 0.25) is 0 Å². The molecule has 0 aromatic heterocycles. The first-order chi connectivity index (χ1) is 7.52. The molecule has 0 saturated carbocycles. The number of rotatable bonds is 9. The second kappa shape index (κ2) is 9.93. The van der Waals surface area contributed by atoms with Gasteiger partial charge in [0.05, 0.1) is 0 Å². The van der Waals surface area contributed by atoms with Crippen LogP contribution in [0.15, 0.2) is 12.2 Å². The SMILES string of the molecule is CC(C)C/C=C/CC[C@@H](C)CCCC(C)C. The number of hydrogen-bond acceptors (Lipinski definition) is 0. The molecule has 0 aromatic rings. The lowest BCUT2D eigenvalue weighted by Crippen LogP contribution is -1.96. The smallest absolute Gasteiger partial charge is 0.0327 e. The van der Waals surface area contributed by atoms with Crippen molar-refractivity contribution in [1.29, 1.82) is 0 Å². The molecule has 0 heterocycles. The van der Waals surface area contributed by atoms with Crippen molar-refractivity contribution in [1.82, 2.24) is 0 Å². The highest BCUT2D eigenvalue weighted by molar-refractivity contribution is 4.82. The molecule has 0 nitrogen and oxygen atoms in total. The fourth-order valence-electron chi connectivity index (χ4n) is 1.89. The van der Waals surface area contributed by atoms with Crippen molar-refractivity contribution in [2.24, 2.45) is 17.8 Å². The molecule has 0 aliphatic heterocycles. The van der Waals surface area contributed by atoms with Crippen LogP contribution in [0, 0.1) is 17.8 Å². The molecule has 0 spiro atoms. The standard InChI is InChI=1S/C16H32/c1-14(2)10-7-6-8-12-16(5)13-9-11-15(3)4/h6-7,14-16H,8-13H2,1-5H3/b7-6+/t16-/m1/s1. The van der Waals surface area contributed by atoms with E-state index in [-0.39, 0.29) is 0 Å². The molecule has 0 N–H and O–H groups in total. The monoisotopic (exact) mass is 224 g/mol. The van der Waals surface area contributed by atoms with Crippen LogP contribution in [-0.2, 0) is 0 Å². The molecule has 1 atom stereocenters. The Bertz CT molecular complexity index is 165. The van der Waals surface area contributed by atoms with E-state index in [4.69, 9.17) is 0 Å². The fourth-order valence-corrected chi connectivity index (χ4v) is 1.89. The summed E-state index contributed by atoms with van der Waals surface area (Å²) >= 11 is 0. The van der Waals surface area contributed by atoms with Gasteiger partial charge in [0.15, 0.2) is 0 Å². The van der Waals surface area contributed by atoms with Crippen LogP contribution in [0.4, 0.5) is 0 Å². The second-order valence-corrected chi connectivity index (χ2v) is 6.11. The Kier molecular flexibility index (Phi) is 9.77. The predicted molar refractivity (Wildman–Crippen MR) is 75.7 cm³/mol. The summed E-state index contributed by atoms with van der Waals surface area (Å²) in [5.74, 6) is 2.58. The molecule has 0 aromatic carbocycles. The quantitative estimate of drug-likeness (QED) is 0.432. The van der Waals surface area contributed by atoms with Gasteiger partial charge in [-0.05, 0) is 37.0 Å². The van der Waals surface area contributed by atoms with Crippen molar-refractivity contribution in [3.05, 3.63) is 12.2 Å². The highest BCUT2D eigenvalue weighted by Crippen LogP contribution is 2.16. The fraction of sp³-hybridized carbons (Fsp3) is 0.875. The largest absolute Gasteiger partial charge is 0.0885 e. The zero-order valence-corrected chi connectivity index (χ0v) is 12.1. The highest BCUT2D eigenvalue weighted by atomic mass is 14.1. The van der Waals surface area contributed by atoms with E-state index in [0.717, 1.165) is 17.8 Å². The van der Waals surface area contributed by atoms with Gasteiger partial charge in [0, 0.05) is 0 Å². The van der Waals surface area contributed by atoms with Gasteiger partial charge in [-0.15, -0.1) is 0 Å². The average molecular weight is 224 g/mol. The summed E-state index contributed by atoms with van der Waals surface area (Å²) in [6.07, 6.45) is 12.8. The lowest BCUT2D eigenvalue weighted by Gasteiger charge is -2.10. The lowest BCUT2D eigenvalue weighted by molar-refractivity contribution is 0.439. The average Bonchev–Trinajstić information content (AvgIpc) is 2.16. The summed E-state index contributed by atoms with van der Waals surface area (Å²) in [7, 11) is 0. The number of hydrogen-bond donors (Lipinski definition) is 0. The summed E-state index contributed by atoms with van der Waals surface area (Å²) in [5.41, 5.74) is 0. The molecule has 0 aliphatic rings. The molecular formula is C16H32. The van der Waals surface area contributed by atoms with E-state index in [2.05, 4.69) is 46.8 Å². The second-order valence-electron chi connectivity index (χ2n) is 6.11. The van der Waals surface area contributed by atoms with Gasteiger partial charge in [-0.3, -0.25) is 0 Å². The number of allylic oxidation sites excluding steroid dienone is 2. The Hall–Kier alpha value is -0.260. The Morgan fingerprint density at radius 3 is 2.00 bits per heavy atom. The third-order valence-electron chi connectivity index (χ3n) is 3.08. The predicted octanol–water partition coefficient (Wildman–Crippen LogP) is 5.83. The van der Waals surface area contributed by atoms with Crippen LogP contribution in [0.3, 0.4) is 0 Å². The molecule has 96 valence electrons. The third-order valence-corrected chi connectivity index (χ3v) is 3.08. The van der Waals surface area contributed by atoms with Gasteiger partial charge < -0.3 is 0 Å². The zero-order chi connectivity index (χ0) is 12.4. The summed E-state index contributed by atoms with van der Waals surface area (Å²) in [5, 5.41) is 0. The van der Waals surface area contributed by atoms with Crippen molar-refractivity contribution in [2.75, 3.05) is 0 Å². The van der Waals surface area contributed by atoms with E-state index in [1.807, 2.05) is 0 Å². The molecule has 0 unspecified atom stereocenters. The minimum atomic E-state index is 0.805. The molecule has 0 radical (unpaired) electrons. The molecule has 0 rings (SSSR count). The Balaban J connectivity index is 3.36. The summed E-state index contributed by atoms with van der Waals surface area (Å²) in [4.78, 5) is 0. The first-order valence-corrected chi connectivity index (χ1v) is 7.17. The van der Waals surface area contributed by atoms with E-state index in [1.165, 1.54) is 38.5 Å². The first-order valence-electron chi connectivity index (χ1n) is 7.17. The molecule has 0 fully saturated rings. The van der Waals surface area contributed by atoms with E-state index in [0.29, 0.717) is 0 Å². The molecule has 0 aliphatic carbocycles. The normalized spacial score (nSPS) is 14.2. The van der Waals surface area contributed by atoms with Gasteiger partial charge in [-0.25, -0.2) is 0 Å². The molecule has 16 heavy (non-hydrogen) atoms. The van der Waals surface area contributed by atoms with Gasteiger partial charge in [-0.2, -0.15) is 0 Å². The Morgan fingerprint density at radius 2 is 1.44 bits per heavy atom. The molecule has 0 amide bonds. The maximum Gasteiger partial charge on any atom is -0.0327 e. The van der Waals surface area contributed by atoms with Crippen molar-refractivity contribution >= 4 is 0 Å². The summed E-state index contributed by atoms with van der Waals surface area (Å²) in [6, 6.07) is 0. The van der Waals surface area contributed by atoms with Crippen molar-refractivity contribution in [3.8, 4) is 0 Å². The van der Waals surface area contributed by atoms with Crippen molar-refractivity contribution in [3.63, 3.8) is 0 Å². The van der Waals surface area contributed by atoms with Crippen LogP contribution in [-0.4, -0.2) is 0 Å². The van der Waals surface area contributed by atoms with Crippen LogP contribution >= 0.6 is 0 Å². The summed E-state index contributed by atoms with van der Waals surface area (Å²) < 4.78 is 0.